The molecule has 1 aliphatic heterocycles. The van der Waals surface area contributed by atoms with Crippen LogP contribution in [0.4, 0.5) is 0 Å². The Morgan fingerprint density at radius 2 is 2.09 bits per heavy atom. The van der Waals surface area contributed by atoms with E-state index >= 15 is 0 Å². The van der Waals surface area contributed by atoms with Crippen molar-refractivity contribution in [3.8, 4) is 0 Å². The molecule has 0 saturated carbocycles. The van der Waals surface area contributed by atoms with E-state index in [1.54, 1.807) is 12.3 Å². The number of carbonyl (C=O) groups is 1. The van der Waals surface area contributed by atoms with E-state index in [0.29, 0.717) is 24.8 Å². The molecule has 3 rings (SSSR count). The minimum absolute atomic E-state index is 0.0647. The van der Waals surface area contributed by atoms with Gasteiger partial charge in [-0.2, -0.15) is 0 Å². The average molecular weight is 317 g/mol. The van der Waals surface area contributed by atoms with Crippen molar-refractivity contribution in [1.29, 1.82) is 0 Å². The molecule has 2 aromatic rings. The molecule has 0 atom stereocenters. The molecular weight excluding hydrogens is 294 g/mol. The molecule has 6 heteroatoms. The quantitative estimate of drug-likeness (QED) is 0.847. The van der Waals surface area contributed by atoms with Gasteiger partial charge in [0.2, 0.25) is 5.76 Å². The molecule has 0 aromatic carbocycles. The normalized spacial score (nSPS) is 16.2. The summed E-state index contributed by atoms with van der Waals surface area (Å²) in [5.41, 5.74) is 0.847. The molecule has 1 aliphatic rings. The van der Waals surface area contributed by atoms with Gasteiger partial charge >= 0.3 is 0 Å². The van der Waals surface area contributed by atoms with E-state index in [2.05, 4.69) is 23.9 Å². The van der Waals surface area contributed by atoms with Gasteiger partial charge in [-0.25, -0.2) is 0 Å². The summed E-state index contributed by atoms with van der Waals surface area (Å²) in [6, 6.07) is 5.65. The van der Waals surface area contributed by atoms with Crippen molar-refractivity contribution in [1.82, 2.24) is 15.0 Å². The van der Waals surface area contributed by atoms with Crippen LogP contribution in [0.5, 0.6) is 0 Å². The maximum atomic E-state index is 12.5. The Labute approximate surface area is 136 Å². The van der Waals surface area contributed by atoms with Gasteiger partial charge in [-0.3, -0.25) is 9.69 Å². The Bertz CT molecular complexity index is 625. The number of furan rings is 1. The van der Waals surface area contributed by atoms with Gasteiger partial charge in [0.25, 0.3) is 5.91 Å². The third-order valence-electron chi connectivity index (χ3n) is 4.01. The highest BCUT2D eigenvalue weighted by atomic mass is 16.5. The van der Waals surface area contributed by atoms with Crippen molar-refractivity contribution in [2.24, 2.45) is 5.92 Å². The van der Waals surface area contributed by atoms with Gasteiger partial charge in [0.1, 0.15) is 5.76 Å². The van der Waals surface area contributed by atoms with Gasteiger partial charge in [-0.05, 0) is 24.5 Å². The highest BCUT2D eigenvalue weighted by Crippen LogP contribution is 2.14. The number of aromatic nitrogens is 1. The second-order valence-electron chi connectivity index (χ2n) is 6.43. The van der Waals surface area contributed by atoms with Crippen LogP contribution in [0, 0.1) is 5.92 Å². The molecule has 124 valence electrons. The Hall–Kier alpha value is -2.08. The first-order chi connectivity index (χ1) is 11.1. The zero-order valence-corrected chi connectivity index (χ0v) is 13.7. The number of rotatable bonds is 5. The van der Waals surface area contributed by atoms with E-state index in [4.69, 9.17) is 8.94 Å². The fourth-order valence-electron chi connectivity index (χ4n) is 2.81. The van der Waals surface area contributed by atoms with Crippen LogP contribution in [0.2, 0.25) is 0 Å². The molecule has 2 aromatic heterocycles. The lowest BCUT2D eigenvalue weighted by atomic mass is 10.1. The van der Waals surface area contributed by atoms with Crippen molar-refractivity contribution in [3.05, 3.63) is 41.7 Å². The summed E-state index contributed by atoms with van der Waals surface area (Å²) in [5, 5.41) is 3.99. The molecule has 3 heterocycles. The van der Waals surface area contributed by atoms with Crippen LogP contribution < -0.4 is 0 Å². The Balaban J connectivity index is 1.52. The lowest BCUT2D eigenvalue weighted by Gasteiger charge is -2.33. The summed E-state index contributed by atoms with van der Waals surface area (Å²) in [4.78, 5) is 16.6. The van der Waals surface area contributed by atoms with Gasteiger partial charge in [-0.15, -0.1) is 0 Å². The molecule has 6 nitrogen and oxygen atoms in total. The standard InChI is InChI=1S/C17H23N3O3/c1-13(2)10-14-11-16(23-18-14)17(21)20-7-5-19(6-8-20)12-15-4-3-9-22-15/h3-4,9,11,13H,5-8,10,12H2,1-2H3. The van der Waals surface area contributed by atoms with Gasteiger partial charge < -0.3 is 13.8 Å². The lowest BCUT2D eigenvalue weighted by Crippen LogP contribution is -2.48. The molecule has 0 N–H and O–H groups in total. The molecule has 23 heavy (non-hydrogen) atoms. The van der Waals surface area contributed by atoms with E-state index in [0.717, 1.165) is 37.5 Å². The van der Waals surface area contributed by atoms with E-state index < -0.39 is 0 Å². The van der Waals surface area contributed by atoms with Crippen LogP contribution in [0.25, 0.3) is 0 Å². The van der Waals surface area contributed by atoms with Crippen molar-refractivity contribution >= 4 is 5.91 Å². The zero-order valence-electron chi connectivity index (χ0n) is 13.7. The summed E-state index contributed by atoms with van der Waals surface area (Å²) < 4.78 is 10.6. The van der Waals surface area contributed by atoms with Crippen LogP contribution >= 0.6 is 0 Å². The smallest absolute Gasteiger partial charge is 0.292 e. The molecular formula is C17H23N3O3. The molecule has 0 bridgehead atoms. The fraction of sp³-hybridized carbons (Fsp3) is 0.529. The molecule has 0 spiro atoms. The number of hydrogen-bond donors (Lipinski definition) is 0. The van der Waals surface area contributed by atoms with Gasteiger partial charge in [0.05, 0.1) is 18.5 Å². The number of nitrogens with zero attached hydrogens (tertiary/aromatic N) is 3. The lowest BCUT2D eigenvalue weighted by molar-refractivity contribution is 0.0581. The number of hydrogen-bond acceptors (Lipinski definition) is 5. The van der Waals surface area contributed by atoms with E-state index in [9.17, 15) is 4.79 Å². The zero-order chi connectivity index (χ0) is 16.2. The first-order valence-electron chi connectivity index (χ1n) is 8.11. The molecule has 1 amide bonds. The van der Waals surface area contributed by atoms with Crippen molar-refractivity contribution in [2.45, 2.75) is 26.8 Å². The summed E-state index contributed by atoms with van der Waals surface area (Å²) in [6.45, 7) is 8.08. The van der Waals surface area contributed by atoms with Gasteiger partial charge in [0.15, 0.2) is 0 Å². The number of carbonyl (C=O) groups excluding carboxylic acids is 1. The first kappa shape index (κ1) is 15.8. The maximum absolute atomic E-state index is 12.5. The van der Waals surface area contributed by atoms with Crippen molar-refractivity contribution in [3.63, 3.8) is 0 Å². The third kappa shape index (κ3) is 4.01. The van der Waals surface area contributed by atoms with Gasteiger partial charge in [-0.1, -0.05) is 19.0 Å². The summed E-state index contributed by atoms with van der Waals surface area (Å²) in [6.07, 6.45) is 2.52. The molecule has 1 saturated heterocycles. The Kier molecular flexibility index (Phi) is 4.81. The monoisotopic (exact) mass is 317 g/mol. The average Bonchev–Trinajstić information content (AvgIpc) is 3.19. The minimum Gasteiger partial charge on any atom is -0.468 e. The maximum Gasteiger partial charge on any atom is 0.292 e. The summed E-state index contributed by atoms with van der Waals surface area (Å²) >= 11 is 0. The third-order valence-corrected chi connectivity index (χ3v) is 4.01. The Morgan fingerprint density at radius 1 is 1.30 bits per heavy atom. The second kappa shape index (κ2) is 7.00. The number of amides is 1. The van der Waals surface area contributed by atoms with Crippen LogP contribution in [0.1, 0.15) is 35.9 Å². The van der Waals surface area contributed by atoms with E-state index in [1.165, 1.54) is 0 Å². The van der Waals surface area contributed by atoms with Crippen molar-refractivity contribution in [2.75, 3.05) is 26.2 Å². The van der Waals surface area contributed by atoms with Gasteiger partial charge in [0, 0.05) is 32.2 Å². The summed E-state index contributed by atoms with van der Waals surface area (Å²) in [5.74, 6) is 1.73. The van der Waals surface area contributed by atoms with E-state index in [1.807, 2.05) is 17.0 Å². The highest BCUT2D eigenvalue weighted by Gasteiger charge is 2.25. The first-order valence-corrected chi connectivity index (χ1v) is 8.11. The van der Waals surface area contributed by atoms with Crippen LogP contribution in [0.15, 0.2) is 33.4 Å². The topological polar surface area (TPSA) is 62.7 Å². The molecule has 1 fully saturated rings. The van der Waals surface area contributed by atoms with Crippen molar-refractivity contribution < 1.29 is 13.7 Å². The Morgan fingerprint density at radius 3 is 2.74 bits per heavy atom. The molecule has 0 aliphatic carbocycles. The minimum atomic E-state index is -0.0647. The molecule has 0 radical (unpaired) electrons. The summed E-state index contributed by atoms with van der Waals surface area (Å²) in [7, 11) is 0. The SMILES string of the molecule is CC(C)Cc1cc(C(=O)N2CCN(Cc3ccco3)CC2)on1. The fourth-order valence-corrected chi connectivity index (χ4v) is 2.81. The predicted octanol–water partition coefficient (Wildman–Crippen LogP) is 2.42. The number of piperazine rings is 1. The van der Waals surface area contributed by atoms with Crippen LogP contribution in [-0.2, 0) is 13.0 Å². The second-order valence-corrected chi connectivity index (χ2v) is 6.43. The predicted molar refractivity (Wildman–Crippen MR) is 84.9 cm³/mol. The van der Waals surface area contributed by atoms with Crippen LogP contribution in [-0.4, -0.2) is 47.0 Å². The highest BCUT2D eigenvalue weighted by molar-refractivity contribution is 5.91. The van der Waals surface area contributed by atoms with E-state index in [-0.39, 0.29) is 5.91 Å². The molecule has 0 unspecified atom stereocenters. The van der Waals surface area contributed by atoms with Crippen LogP contribution in [0.3, 0.4) is 0 Å². The largest absolute Gasteiger partial charge is 0.468 e.